The monoisotopic (exact) mass is 415 g/mol. The highest BCUT2D eigenvalue weighted by molar-refractivity contribution is 5.75. The lowest BCUT2D eigenvalue weighted by Gasteiger charge is -2.13. The van der Waals surface area contributed by atoms with Gasteiger partial charge in [0.15, 0.2) is 0 Å². The number of rotatable bonds is 7. The molecule has 0 aliphatic carbocycles. The first-order valence-corrected chi connectivity index (χ1v) is 8.54. The van der Waals surface area contributed by atoms with Crippen molar-refractivity contribution in [2.24, 2.45) is 0 Å². The number of aryl methyl sites for hydroxylation is 2. The van der Waals surface area contributed by atoms with Crippen molar-refractivity contribution in [3.05, 3.63) is 70.8 Å². The summed E-state index contributed by atoms with van der Waals surface area (Å²) in [4.78, 5) is 26.2. The van der Waals surface area contributed by atoms with Crippen LogP contribution in [-0.4, -0.2) is 36.2 Å². The molecule has 5 nitrogen and oxygen atoms in total. The molecule has 9 heteroatoms. The van der Waals surface area contributed by atoms with E-state index in [4.69, 9.17) is 5.11 Å². The lowest BCUT2D eigenvalue weighted by atomic mass is 10.1. The Balaban J connectivity index is 0.000000296. The van der Waals surface area contributed by atoms with Crippen molar-refractivity contribution >= 4 is 11.9 Å². The molecule has 1 amide bonds. The summed E-state index contributed by atoms with van der Waals surface area (Å²) in [5, 5.41) is 9.39. The Kier molecular flexibility index (Phi) is 9.81. The van der Waals surface area contributed by atoms with E-state index in [2.05, 4.69) is 4.84 Å². The molecule has 0 aromatic heterocycles. The summed E-state index contributed by atoms with van der Waals surface area (Å²) in [6.45, 7) is 0. The van der Waals surface area contributed by atoms with Gasteiger partial charge in [-0.15, -0.1) is 0 Å². The van der Waals surface area contributed by atoms with E-state index in [1.807, 2.05) is 0 Å². The fraction of sp³-hybridized carbons (Fsp3) is 0.300. The molecule has 29 heavy (non-hydrogen) atoms. The van der Waals surface area contributed by atoms with Gasteiger partial charge in [-0.05, 0) is 36.1 Å². The molecule has 0 spiro atoms. The standard InChI is InChI=1S/C11H13F2NO2.C9H8F2O2/c1-14(16-2)11(15)6-4-8-3-5-9(12)7-10(8)13;10-7-3-1-6(8(11)5-7)2-4-9(12)13/h3,5,7H,4,6H2,1-2H3;1,3,5H,2,4H2,(H,12,13). The van der Waals surface area contributed by atoms with Crippen molar-refractivity contribution in [1.29, 1.82) is 0 Å². The maximum Gasteiger partial charge on any atom is 0.303 e. The predicted molar refractivity (Wildman–Crippen MR) is 96.8 cm³/mol. The molecule has 0 aliphatic heterocycles. The minimum Gasteiger partial charge on any atom is -0.481 e. The molecule has 0 unspecified atom stereocenters. The average Bonchev–Trinajstić information content (AvgIpc) is 2.66. The van der Waals surface area contributed by atoms with Gasteiger partial charge < -0.3 is 5.11 Å². The van der Waals surface area contributed by atoms with Crippen LogP contribution in [0.15, 0.2) is 36.4 Å². The molecule has 0 atom stereocenters. The fourth-order valence-electron chi connectivity index (χ4n) is 2.19. The van der Waals surface area contributed by atoms with Crippen molar-refractivity contribution in [1.82, 2.24) is 5.06 Å². The Morgan fingerprint density at radius 2 is 1.34 bits per heavy atom. The number of nitrogens with zero attached hydrogens (tertiary/aromatic N) is 1. The molecule has 2 aromatic carbocycles. The number of carbonyl (C=O) groups excluding carboxylic acids is 1. The molecule has 0 radical (unpaired) electrons. The molecule has 2 aromatic rings. The van der Waals surface area contributed by atoms with E-state index in [1.54, 1.807) is 0 Å². The van der Waals surface area contributed by atoms with Crippen LogP contribution in [0.5, 0.6) is 0 Å². The van der Waals surface area contributed by atoms with Gasteiger partial charge in [-0.1, -0.05) is 12.1 Å². The summed E-state index contributed by atoms with van der Waals surface area (Å²) in [5.74, 6) is -3.86. The lowest BCUT2D eigenvalue weighted by molar-refractivity contribution is -0.168. The van der Waals surface area contributed by atoms with Crippen LogP contribution in [0.3, 0.4) is 0 Å². The molecule has 158 valence electrons. The van der Waals surface area contributed by atoms with Crippen LogP contribution < -0.4 is 0 Å². The highest BCUT2D eigenvalue weighted by atomic mass is 19.1. The summed E-state index contributed by atoms with van der Waals surface area (Å²) >= 11 is 0. The van der Waals surface area contributed by atoms with Crippen LogP contribution in [0.1, 0.15) is 24.0 Å². The van der Waals surface area contributed by atoms with Crippen molar-refractivity contribution in [3.8, 4) is 0 Å². The van der Waals surface area contributed by atoms with Crippen LogP contribution in [0.4, 0.5) is 17.6 Å². The lowest BCUT2D eigenvalue weighted by Crippen LogP contribution is -2.25. The average molecular weight is 415 g/mol. The SMILES string of the molecule is CON(C)C(=O)CCc1ccc(F)cc1F.O=C(O)CCc1ccc(F)cc1F. The van der Waals surface area contributed by atoms with E-state index in [0.29, 0.717) is 5.56 Å². The van der Waals surface area contributed by atoms with E-state index in [9.17, 15) is 27.2 Å². The third kappa shape index (κ3) is 8.73. The Morgan fingerprint density at radius 1 is 0.897 bits per heavy atom. The molecule has 0 aliphatic rings. The first kappa shape index (κ1) is 24.1. The van der Waals surface area contributed by atoms with Crippen LogP contribution >= 0.6 is 0 Å². The van der Waals surface area contributed by atoms with Gasteiger partial charge in [0.25, 0.3) is 0 Å². The van der Waals surface area contributed by atoms with Gasteiger partial charge >= 0.3 is 5.97 Å². The second-order valence-corrected chi connectivity index (χ2v) is 5.94. The smallest absolute Gasteiger partial charge is 0.303 e. The maximum absolute atomic E-state index is 13.2. The second kappa shape index (κ2) is 11.8. The van der Waals surface area contributed by atoms with Gasteiger partial charge in [0, 0.05) is 32.0 Å². The van der Waals surface area contributed by atoms with E-state index >= 15 is 0 Å². The molecule has 0 saturated carbocycles. The summed E-state index contributed by atoms with van der Waals surface area (Å²) in [6.07, 6.45) is 0.273. The van der Waals surface area contributed by atoms with Gasteiger partial charge in [-0.2, -0.15) is 0 Å². The maximum atomic E-state index is 13.2. The van der Waals surface area contributed by atoms with Gasteiger partial charge in [-0.3, -0.25) is 14.4 Å². The first-order chi connectivity index (χ1) is 13.6. The molecule has 0 saturated heterocycles. The normalized spacial score (nSPS) is 10.1. The molecular weight excluding hydrogens is 394 g/mol. The molecule has 0 fully saturated rings. The highest BCUT2D eigenvalue weighted by Crippen LogP contribution is 2.12. The Hall–Kier alpha value is -2.94. The number of hydroxylamine groups is 2. The number of carboxylic acids is 1. The molecule has 2 rings (SSSR count). The van der Waals surface area contributed by atoms with Crippen LogP contribution in [-0.2, 0) is 27.3 Å². The number of benzene rings is 2. The van der Waals surface area contributed by atoms with Crippen molar-refractivity contribution in [2.75, 3.05) is 14.2 Å². The number of hydrogen-bond donors (Lipinski definition) is 1. The minimum absolute atomic E-state index is 0.0848. The summed E-state index contributed by atoms with van der Waals surface area (Å²) < 4.78 is 51.0. The third-order valence-electron chi connectivity index (χ3n) is 3.87. The zero-order valence-electron chi connectivity index (χ0n) is 15.9. The zero-order valence-corrected chi connectivity index (χ0v) is 15.9. The molecule has 1 N–H and O–H groups in total. The summed E-state index contributed by atoms with van der Waals surface area (Å²) in [7, 11) is 2.85. The molecule has 0 heterocycles. The Labute approximate surface area is 165 Å². The topological polar surface area (TPSA) is 66.8 Å². The van der Waals surface area contributed by atoms with Crippen LogP contribution in [0.25, 0.3) is 0 Å². The number of carbonyl (C=O) groups is 2. The Bertz CT molecular complexity index is 845. The number of halogens is 4. The van der Waals surface area contributed by atoms with Crippen LogP contribution in [0.2, 0.25) is 0 Å². The van der Waals surface area contributed by atoms with Gasteiger partial charge in [0.1, 0.15) is 23.3 Å². The minimum atomic E-state index is -0.997. The van der Waals surface area contributed by atoms with Crippen molar-refractivity contribution in [2.45, 2.75) is 25.7 Å². The Morgan fingerprint density at radius 3 is 1.72 bits per heavy atom. The second-order valence-electron chi connectivity index (χ2n) is 5.94. The largest absolute Gasteiger partial charge is 0.481 e. The van der Waals surface area contributed by atoms with Crippen molar-refractivity contribution in [3.63, 3.8) is 0 Å². The van der Waals surface area contributed by atoms with Gasteiger partial charge in [0.2, 0.25) is 5.91 Å². The molecular formula is C20H21F4NO4. The van der Waals surface area contributed by atoms with E-state index < -0.39 is 29.2 Å². The zero-order chi connectivity index (χ0) is 22.0. The van der Waals surface area contributed by atoms with E-state index in [-0.39, 0.29) is 37.2 Å². The summed E-state index contributed by atoms with van der Waals surface area (Å²) in [6, 6.07) is 6.43. The number of amides is 1. The highest BCUT2D eigenvalue weighted by Gasteiger charge is 2.10. The first-order valence-electron chi connectivity index (χ1n) is 8.54. The van der Waals surface area contributed by atoms with Gasteiger partial charge in [-0.25, -0.2) is 22.6 Å². The van der Waals surface area contributed by atoms with Crippen molar-refractivity contribution < 1.29 is 37.1 Å². The number of carboxylic acid groups (broad SMARTS) is 1. The molecule has 0 bridgehead atoms. The number of hydrogen-bond acceptors (Lipinski definition) is 3. The van der Waals surface area contributed by atoms with Crippen LogP contribution in [0, 0.1) is 23.3 Å². The fourth-order valence-corrected chi connectivity index (χ4v) is 2.19. The predicted octanol–water partition coefficient (Wildman–Crippen LogP) is 3.90. The summed E-state index contributed by atoms with van der Waals surface area (Å²) in [5.41, 5.74) is 0.544. The van der Waals surface area contributed by atoms with E-state index in [0.717, 1.165) is 23.3 Å². The third-order valence-corrected chi connectivity index (χ3v) is 3.87. The van der Waals surface area contributed by atoms with E-state index in [1.165, 1.54) is 32.4 Å². The number of aliphatic carboxylic acids is 1. The van der Waals surface area contributed by atoms with Gasteiger partial charge in [0.05, 0.1) is 7.11 Å². The quantitative estimate of drug-likeness (QED) is 0.550.